The third-order valence-electron chi connectivity index (χ3n) is 4.56. The quantitative estimate of drug-likeness (QED) is 0.725. The van der Waals surface area contributed by atoms with Gasteiger partial charge in [0.1, 0.15) is 5.75 Å². The van der Waals surface area contributed by atoms with Gasteiger partial charge in [-0.15, -0.1) is 5.10 Å². The molecule has 7 heteroatoms. The predicted octanol–water partition coefficient (Wildman–Crippen LogP) is 4.06. The summed E-state index contributed by atoms with van der Waals surface area (Å²) in [5.74, 6) is 1.76. The number of benzene rings is 2. The molecule has 0 unspecified atom stereocenters. The highest BCUT2D eigenvalue weighted by Gasteiger charge is 2.31. The predicted molar refractivity (Wildman–Crippen MR) is 103 cm³/mol. The Kier molecular flexibility index (Phi) is 4.42. The van der Waals surface area contributed by atoms with Gasteiger partial charge in [-0.05, 0) is 42.7 Å². The summed E-state index contributed by atoms with van der Waals surface area (Å²) in [6.45, 7) is 2.62. The molecule has 2 atom stereocenters. The smallest absolute Gasteiger partial charge is 0.241 e. The molecule has 0 radical (unpaired) electrons. The van der Waals surface area contributed by atoms with Crippen molar-refractivity contribution in [3.05, 3.63) is 64.7 Å². The molecule has 0 saturated carbocycles. The Bertz CT molecular complexity index is 909. The molecule has 26 heavy (non-hydrogen) atoms. The molecule has 1 aliphatic heterocycles. The van der Waals surface area contributed by atoms with Crippen LogP contribution in [0.15, 0.2) is 48.5 Å². The molecule has 1 aliphatic rings. The number of halogens is 1. The lowest BCUT2D eigenvalue weighted by atomic mass is 9.93. The lowest BCUT2D eigenvalue weighted by molar-refractivity contribution is 0.340. The summed E-state index contributed by atoms with van der Waals surface area (Å²) in [5.41, 5.74) is 8.01. The van der Waals surface area contributed by atoms with Gasteiger partial charge in [0.25, 0.3) is 0 Å². The first kappa shape index (κ1) is 16.7. The van der Waals surface area contributed by atoms with E-state index in [1.807, 2.05) is 48.0 Å². The number of nitrogens with zero attached hydrogens (tertiary/aromatic N) is 3. The molecule has 2 aromatic carbocycles. The van der Waals surface area contributed by atoms with Gasteiger partial charge in [-0.2, -0.15) is 4.98 Å². The Hall–Kier alpha value is -2.73. The second kappa shape index (κ2) is 6.88. The van der Waals surface area contributed by atoms with E-state index in [0.29, 0.717) is 12.6 Å². The second-order valence-corrected chi connectivity index (χ2v) is 6.62. The number of nitrogens with two attached hydrogens (primary N) is 1. The lowest BCUT2D eigenvalue weighted by Gasteiger charge is -2.32. The number of nitrogens with one attached hydrogen (secondary N) is 1. The molecular formula is C19H20ClN5O. The van der Waals surface area contributed by atoms with Crippen LogP contribution in [0, 0.1) is 0 Å². The maximum Gasteiger partial charge on any atom is 0.241 e. The van der Waals surface area contributed by atoms with Crippen molar-refractivity contribution in [2.45, 2.75) is 25.4 Å². The van der Waals surface area contributed by atoms with Crippen LogP contribution in [0.4, 0.5) is 11.9 Å². The molecule has 0 fully saturated rings. The summed E-state index contributed by atoms with van der Waals surface area (Å²) >= 11 is 6.42. The van der Waals surface area contributed by atoms with Crippen LogP contribution in [0.2, 0.25) is 5.02 Å². The number of nitrogen functional groups attached to an aromatic ring is 1. The summed E-state index contributed by atoms with van der Waals surface area (Å²) in [7, 11) is 0. The Morgan fingerprint density at radius 2 is 2.00 bits per heavy atom. The van der Waals surface area contributed by atoms with Crippen molar-refractivity contribution < 1.29 is 4.74 Å². The van der Waals surface area contributed by atoms with E-state index in [9.17, 15) is 0 Å². The van der Waals surface area contributed by atoms with Gasteiger partial charge >= 0.3 is 0 Å². The molecule has 2 heterocycles. The van der Waals surface area contributed by atoms with E-state index in [2.05, 4.69) is 27.5 Å². The fourth-order valence-electron chi connectivity index (χ4n) is 3.39. The highest BCUT2D eigenvalue weighted by Crippen LogP contribution is 2.40. The van der Waals surface area contributed by atoms with Gasteiger partial charge in [0, 0.05) is 5.02 Å². The van der Waals surface area contributed by atoms with Crippen molar-refractivity contribution in [1.29, 1.82) is 0 Å². The van der Waals surface area contributed by atoms with E-state index in [-0.39, 0.29) is 18.0 Å². The number of anilines is 2. The Balaban J connectivity index is 1.71. The van der Waals surface area contributed by atoms with Crippen LogP contribution in [0.3, 0.4) is 0 Å². The van der Waals surface area contributed by atoms with Gasteiger partial charge in [-0.25, -0.2) is 4.68 Å². The summed E-state index contributed by atoms with van der Waals surface area (Å²) < 4.78 is 7.39. The number of rotatable bonds is 4. The number of hydrogen-bond acceptors (Lipinski definition) is 5. The normalized spacial score (nSPS) is 18.8. The molecule has 0 amide bonds. The largest absolute Gasteiger partial charge is 0.494 e. The molecule has 6 nitrogen and oxygen atoms in total. The van der Waals surface area contributed by atoms with E-state index in [1.54, 1.807) is 0 Å². The molecule has 0 saturated heterocycles. The molecular weight excluding hydrogens is 350 g/mol. The van der Waals surface area contributed by atoms with Gasteiger partial charge in [-0.1, -0.05) is 41.9 Å². The van der Waals surface area contributed by atoms with Gasteiger partial charge in [-0.3, -0.25) is 0 Å². The van der Waals surface area contributed by atoms with Crippen LogP contribution in [0.25, 0.3) is 0 Å². The number of ether oxygens (including phenoxy) is 1. The van der Waals surface area contributed by atoms with Crippen molar-refractivity contribution in [3.8, 4) is 5.75 Å². The number of aromatic nitrogens is 3. The lowest BCUT2D eigenvalue weighted by Crippen LogP contribution is -2.28. The van der Waals surface area contributed by atoms with Gasteiger partial charge in [0.05, 0.1) is 18.7 Å². The molecule has 0 bridgehead atoms. The Morgan fingerprint density at radius 3 is 2.73 bits per heavy atom. The second-order valence-electron chi connectivity index (χ2n) is 6.21. The van der Waals surface area contributed by atoms with E-state index in [0.717, 1.165) is 28.3 Å². The minimum Gasteiger partial charge on any atom is -0.494 e. The maximum absolute atomic E-state index is 6.42. The number of fused-ring (bicyclic) bond motifs is 1. The van der Waals surface area contributed by atoms with E-state index < -0.39 is 0 Å². The highest BCUT2D eigenvalue weighted by atomic mass is 35.5. The van der Waals surface area contributed by atoms with E-state index in [1.165, 1.54) is 0 Å². The topological polar surface area (TPSA) is 78.0 Å². The fraction of sp³-hybridized carbons (Fsp3) is 0.263. The van der Waals surface area contributed by atoms with E-state index in [4.69, 9.17) is 22.1 Å². The first-order valence-electron chi connectivity index (χ1n) is 8.61. The zero-order valence-electron chi connectivity index (χ0n) is 14.4. The van der Waals surface area contributed by atoms with Crippen LogP contribution in [-0.2, 0) is 0 Å². The molecule has 0 spiro atoms. The van der Waals surface area contributed by atoms with Gasteiger partial charge in [0.15, 0.2) is 0 Å². The fourth-order valence-corrected chi connectivity index (χ4v) is 3.65. The van der Waals surface area contributed by atoms with Crippen LogP contribution < -0.4 is 15.8 Å². The Morgan fingerprint density at radius 1 is 1.23 bits per heavy atom. The van der Waals surface area contributed by atoms with Crippen molar-refractivity contribution >= 4 is 23.5 Å². The van der Waals surface area contributed by atoms with Crippen LogP contribution in [0.5, 0.6) is 5.75 Å². The third kappa shape index (κ3) is 3.08. The zero-order valence-corrected chi connectivity index (χ0v) is 15.1. The van der Waals surface area contributed by atoms with Crippen LogP contribution in [-0.4, -0.2) is 21.4 Å². The molecule has 134 valence electrons. The SMILES string of the molecule is CCOc1ccc([C@H]2C[C@@H](c3ccccc3Cl)Nc3nc(N)nn32)cc1. The minimum atomic E-state index is 0.00741. The summed E-state index contributed by atoms with van der Waals surface area (Å²) in [6, 6.07) is 16.0. The standard InChI is InChI=1S/C19H20ClN5O/c1-2-26-13-9-7-12(8-10-13)17-11-16(14-5-3-4-6-15(14)20)22-19-23-18(21)24-25(17)19/h3-10,16-17H,2,11H2,1H3,(H3,21,22,23,24)/t16-,17+/m0/s1. The molecule has 4 rings (SSSR count). The molecule has 3 aromatic rings. The molecule has 0 aliphatic carbocycles. The summed E-state index contributed by atoms with van der Waals surface area (Å²) in [6.07, 6.45) is 0.785. The number of hydrogen-bond donors (Lipinski definition) is 2. The van der Waals surface area contributed by atoms with Crippen molar-refractivity contribution in [3.63, 3.8) is 0 Å². The first-order chi connectivity index (χ1) is 12.7. The Labute approximate surface area is 156 Å². The van der Waals surface area contributed by atoms with Gasteiger partial charge in [0.2, 0.25) is 11.9 Å². The average molecular weight is 370 g/mol. The molecule has 1 aromatic heterocycles. The van der Waals surface area contributed by atoms with Crippen molar-refractivity contribution in [1.82, 2.24) is 14.8 Å². The average Bonchev–Trinajstić information content (AvgIpc) is 3.02. The van der Waals surface area contributed by atoms with Crippen molar-refractivity contribution in [2.75, 3.05) is 17.7 Å². The minimum absolute atomic E-state index is 0.00741. The summed E-state index contributed by atoms with van der Waals surface area (Å²) in [5, 5.41) is 8.51. The van der Waals surface area contributed by atoms with E-state index >= 15 is 0 Å². The van der Waals surface area contributed by atoms with Crippen LogP contribution >= 0.6 is 11.6 Å². The van der Waals surface area contributed by atoms with Crippen LogP contribution in [0.1, 0.15) is 36.6 Å². The first-order valence-corrected chi connectivity index (χ1v) is 8.99. The third-order valence-corrected chi connectivity index (χ3v) is 4.91. The highest BCUT2D eigenvalue weighted by molar-refractivity contribution is 6.31. The van der Waals surface area contributed by atoms with Gasteiger partial charge < -0.3 is 15.8 Å². The van der Waals surface area contributed by atoms with Crippen molar-refractivity contribution in [2.24, 2.45) is 0 Å². The molecule has 3 N–H and O–H groups in total. The zero-order chi connectivity index (χ0) is 18.1. The monoisotopic (exact) mass is 369 g/mol. The maximum atomic E-state index is 6.42. The summed E-state index contributed by atoms with van der Waals surface area (Å²) in [4.78, 5) is 4.33.